The molecule has 4 nitrogen and oxygen atoms in total. The zero-order valence-electron chi connectivity index (χ0n) is 22.0. The molecule has 0 bridgehead atoms. The molecule has 35 heavy (non-hydrogen) atoms. The van der Waals surface area contributed by atoms with Crippen molar-refractivity contribution in [3.05, 3.63) is 65.4 Å². The molecule has 0 spiro atoms. The summed E-state index contributed by atoms with van der Waals surface area (Å²) in [6.07, 6.45) is 3.87. The van der Waals surface area contributed by atoms with E-state index >= 15 is 0 Å². The molecule has 0 amide bonds. The van der Waals surface area contributed by atoms with Gasteiger partial charge in [-0.3, -0.25) is 9.98 Å². The lowest BCUT2D eigenvalue weighted by Gasteiger charge is -2.13. The van der Waals surface area contributed by atoms with E-state index in [1.165, 1.54) is 32.0 Å². The molecule has 0 aromatic heterocycles. The molecule has 2 rings (SSSR count). The molecule has 1 fully saturated rings. The third-order valence-electron chi connectivity index (χ3n) is 4.99. The highest BCUT2D eigenvalue weighted by Gasteiger charge is 2.30. The topological polar surface area (TPSA) is 48.8 Å². The summed E-state index contributed by atoms with van der Waals surface area (Å²) >= 11 is 0. The number of amidine groups is 1. The number of allylic oxidation sites excluding steroid dienone is 3. The Labute approximate surface area is 209 Å². The molecular formula is C28H41F3N4. The van der Waals surface area contributed by atoms with E-state index < -0.39 is 11.7 Å². The normalized spacial score (nSPS) is 14.7. The highest BCUT2D eigenvalue weighted by molar-refractivity contribution is 5.87. The van der Waals surface area contributed by atoms with Crippen molar-refractivity contribution in [2.75, 3.05) is 13.1 Å². The molecule has 1 aromatic carbocycles. The van der Waals surface area contributed by atoms with Crippen LogP contribution < -0.4 is 10.6 Å². The maximum atomic E-state index is 13.1. The zero-order valence-corrected chi connectivity index (χ0v) is 22.0. The van der Waals surface area contributed by atoms with Gasteiger partial charge in [-0.1, -0.05) is 32.6 Å². The fraction of sp³-hybridized carbons (Fsp3) is 0.500. The van der Waals surface area contributed by atoms with Crippen LogP contribution in [0.15, 0.2) is 64.3 Å². The first-order valence-electron chi connectivity index (χ1n) is 12.3. The molecule has 0 saturated heterocycles. The lowest BCUT2D eigenvalue weighted by molar-refractivity contribution is -0.137. The average Bonchev–Trinajstić information content (AvgIpc) is 3.61. The highest BCUT2D eigenvalue weighted by Crippen LogP contribution is 2.33. The monoisotopic (exact) mass is 490 g/mol. The first-order valence-corrected chi connectivity index (χ1v) is 12.3. The van der Waals surface area contributed by atoms with E-state index in [0.717, 1.165) is 36.5 Å². The molecule has 0 aliphatic heterocycles. The Kier molecular flexibility index (Phi) is 13.3. The molecule has 7 heteroatoms. The fourth-order valence-corrected chi connectivity index (χ4v) is 2.96. The Morgan fingerprint density at radius 2 is 1.71 bits per heavy atom. The van der Waals surface area contributed by atoms with E-state index in [9.17, 15) is 13.2 Å². The molecule has 0 atom stereocenters. The summed E-state index contributed by atoms with van der Waals surface area (Å²) in [6.45, 7) is 18.1. The summed E-state index contributed by atoms with van der Waals surface area (Å²) < 4.78 is 39.3. The maximum absolute atomic E-state index is 13.1. The number of benzene rings is 1. The molecular weight excluding hydrogens is 449 g/mol. The van der Waals surface area contributed by atoms with Crippen LogP contribution in [0.1, 0.15) is 78.4 Å². The number of rotatable bonds is 10. The Bertz CT molecular complexity index is 928. The SMILES string of the molecule is C=C(/C=C\NC(C)=NC1CC1)/C(C)=C(/N=C(C)C)c1cccc(C(F)(F)F)c1.CCCNCCC. The van der Waals surface area contributed by atoms with Gasteiger partial charge in [0.25, 0.3) is 0 Å². The minimum Gasteiger partial charge on any atom is -0.351 e. The van der Waals surface area contributed by atoms with Gasteiger partial charge in [0, 0.05) is 17.5 Å². The van der Waals surface area contributed by atoms with Crippen LogP contribution in [0.5, 0.6) is 0 Å². The van der Waals surface area contributed by atoms with Gasteiger partial charge >= 0.3 is 6.18 Å². The van der Waals surface area contributed by atoms with Gasteiger partial charge in [0.1, 0.15) is 0 Å². The summed E-state index contributed by atoms with van der Waals surface area (Å²) in [6, 6.07) is 5.62. The van der Waals surface area contributed by atoms with Crippen LogP contribution in [0, 0.1) is 0 Å². The van der Waals surface area contributed by atoms with Gasteiger partial charge < -0.3 is 10.6 Å². The minimum atomic E-state index is -4.40. The van der Waals surface area contributed by atoms with Crippen LogP contribution in [0.4, 0.5) is 13.2 Å². The van der Waals surface area contributed by atoms with E-state index in [2.05, 4.69) is 41.0 Å². The van der Waals surface area contributed by atoms with Gasteiger partial charge in [-0.15, -0.1) is 0 Å². The van der Waals surface area contributed by atoms with Crippen LogP contribution in [0.3, 0.4) is 0 Å². The predicted octanol–water partition coefficient (Wildman–Crippen LogP) is 7.55. The van der Waals surface area contributed by atoms with Crippen molar-refractivity contribution in [3.63, 3.8) is 0 Å². The zero-order chi connectivity index (χ0) is 26.4. The number of hydrogen-bond acceptors (Lipinski definition) is 3. The quantitative estimate of drug-likeness (QED) is 0.154. The molecule has 0 radical (unpaired) electrons. The number of alkyl halides is 3. The van der Waals surface area contributed by atoms with Crippen LogP contribution in [-0.2, 0) is 6.18 Å². The summed E-state index contributed by atoms with van der Waals surface area (Å²) in [5.41, 5.74) is 2.29. The lowest BCUT2D eigenvalue weighted by atomic mass is 10.00. The van der Waals surface area contributed by atoms with Crippen LogP contribution >= 0.6 is 0 Å². The number of aliphatic imine (C=N–C) groups is 2. The first kappa shape index (κ1) is 30.4. The predicted molar refractivity (Wildman–Crippen MR) is 144 cm³/mol. The van der Waals surface area contributed by atoms with Crippen LogP contribution in [0.2, 0.25) is 0 Å². The molecule has 0 heterocycles. The third kappa shape index (κ3) is 12.6. The summed E-state index contributed by atoms with van der Waals surface area (Å²) in [5, 5.41) is 6.37. The lowest BCUT2D eigenvalue weighted by Crippen LogP contribution is -2.14. The smallest absolute Gasteiger partial charge is 0.351 e. The summed E-state index contributed by atoms with van der Waals surface area (Å²) in [7, 11) is 0. The second-order valence-corrected chi connectivity index (χ2v) is 8.81. The number of halogens is 3. The van der Waals surface area contributed by atoms with E-state index in [-0.39, 0.29) is 0 Å². The Morgan fingerprint density at radius 3 is 2.23 bits per heavy atom. The Morgan fingerprint density at radius 1 is 1.09 bits per heavy atom. The highest BCUT2D eigenvalue weighted by atomic mass is 19.4. The molecule has 2 N–H and O–H groups in total. The van der Waals surface area contributed by atoms with Crippen molar-refractivity contribution in [3.8, 4) is 0 Å². The molecule has 1 aliphatic rings. The Balaban J connectivity index is 0.000000762. The molecule has 1 aromatic rings. The van der Waals surface area contributed by atoms with Gasteiger partial charge in [-0.25, -0.2) is 0 Å². The van der Waals surface area contributed by atoms with Crippen LogP contribution in [-0.4, -0.2) is 30.7 Å². The molecule has 0 unspecified atom stereocenters. The number of nitrogens with one attached hydrogen (secondary N) is 2. The van der Waals surface area contributed by atoms with E-state index in [4.69, 9.17) is 0 Å². The average molecular weight is 491 g/mol. The summed E-state index contributed by atoms with van der Waals surface area (Å²) in [4.78, 5) is 8.94. The standard InChI is InChI=1S/C22H26F3N3.C6H15N/c1-14(2)27-21(18-7-6-8-19(13-18)22(23,24)25)16(4)15(3)11-12-26-17(5)28-20-9-10-20;1-3-5-7-6-4-2/h6-8,11-13,20H,3,9-10H2,1-2,4-5H3,(H,26,28);7H,3-6H2,1-2H3/b12-11-,21-16+;. The van der Waals surface area contributed by atoms with E-state index in [0.29, 0.717) is 28.4 Å². The van der Waals surface area contributed by atoms with Gasteiger partial charge in [-0.2, -0.15) is 13.2 Å². The van der Waals surface area contributed by atoms with Gasteiger partial charge in [-0.05, 0) is 95.8 Å². The van der Waals surface area contributed by atoms with Crippen molar-refractivity contribution in [1.82, 2.24) is 10.6 Å². The molecule has 1 aliphatic carbocycles. The van der Waals surface area contributed by atoms with Crippen molar-refractivity contribution in [1.29, 1.82) is 0 Å². The number of nitrogens with zero attached hydrogens (tertiary/aromatic N) is 2. The second-order valence-electron chi connectivity index (χ2n) is 8.81. The van der Waals surface area contributed by atoms with Crippen molar-refractivity contribution in [2.24, 2.45) is 9.98 Å². The second kappa shape index (κ2) is 15.4. The van der Waals surface area contributed by atoms with Crippen molar-refractivity contribution >= 4 is 17.2 Å². The number of hydrogen-bond donors (Lipinski definition) is 2. The maximum Gasteiger partial charge on any atom is 0.416 e. The molecule has 194 valence electrons. The van der Waals surface area contributed by atoms with Gasteiger partial charge in [0.15, 0.2) is 0 Å². The third-order valence-corrected chi connectivity index (χ3v) is 4.99. The van der Waals surface area contributed by atoms with Crippen molar-refractivity contribution in [2.45, 2.75) is 79.4 Å². The fourth-order valence-electron chi connectivity index (χ4n) is 2.96. The largest absolute Gasteiger partial charge is 0.416 e. The minimum absolute atomic E-state index is 0.405. The first-order chi connectivity index (χ1) is 16.5. The van der Waals surface area contributed by atoms with Crippen LogP contribution in [0.25, 0.3) is 5.70 Å². The van der Waals surface area contributed by atoms with E-state index in [1.54, 1.807) is 39.1 Å². The van der Waals surface area contributed by atoms with Gasteiger partial charge in [0.2, 0.25) is 0 Å². The van der Waals surface area contributed by atoms with Gasteiger partial charge in [0.05, 0.1) is 23.1 Å². The summed E-state index contributed by atoms with van der Waals surface area (Å²) in [5.74, 6) is 0.828. The molecule has 1 saturated carbocycles. The Hall–Kier alpha value is -2.67. The van der Waals surface area contributed by atoms with Crippen molar-refractivity contribution < 1.29 is 13.2 Å². The van der Waals surface area contributed by atoms with E-state index in [1.807, 2.05) is 6.92 Å².